The summed E-state index contributed by atoms with van der Waals surface area (Å²) in [6.45, 7) is 2.08. The molecule has 2 N–H and O–H groups in total. The lowest BCUT2D eigenvalue weighted by Crippen LogP contribution is -2.04. The van der Waals surface area contributed by atoms with Gasteiger partial charge in [-0.1, -0.05) is 19.1 Å². The fraction of sp³-hybridized carbons (Fsp3) is 0.333. The van der Waals surface area contributed by atoms with E-state index < -0.39 is 0 Å². The van der Waals surface area contributed by atoms with Crippen molar-refractivity contribution in [3.63, 3.8) is 0 Å². The highest BCUT2D eigenvalue weighted by Crippen LogP contribution is 2.23. The Morgan fingerprint density at radius 2 is 2.12 bits per heavy atom. The molecule has 5 heteroatoms. The minimum Gasteiger partial charge on any atom is -0.494 e. The van der Waals surface area contributed by atoms with E-state index in [4.69, 9.17) is 10.5 Å². The second-order valence-corrected chi connectivity index (χ2v) is 3.72. The lowest BCUT2D eigenvalue weighted by Gasteiger charge is -2.07. The number of anilines is 1. The lowest BCUT2D eigenvalue weighted by molar-refractivity contribution is 0.412. The molecule has 0 spiro atoms. The standard InChI is InChI=1S/C12H16N4O/c1-3-6-11-14-12(13)16(15-11)9-7-4-5-8-10(9)17-2/h4-5,7-8H,3,6H2,1-2H3,(H2,13,14,15). The number of hydrogen-bond acceptors (Lipinski definition) is 4. The number of aryl methyl sites for hydroxylation is 1. The summed E-state index contributed by atoms with van der Waals surface area (Å²) in [6.07, 6.45) is 1.82. The van der Waals surface area contributed by atoms with E-state index in [0.717, 1.165) is 30.1 Å². The second kappa shape index (κ2) is 4.86. The van der Waals surface area contributed by atoms with Crippen LogP contribution >= 0.6 is 0 Å². The average Bonchev–Trinajstić information content (AvgIpc) is 2.70. The summed E-state index contributed by atoms with van der Waals surface area (Å²) in [5.41, 5.74) is 6.67. The summed E-state index contributed by atoms with van der Waals surface area (Å²) < 4.78 is 6.89. The first-order valence-corrected chi connectivity index (χ1v) is 5.61. The summed E-state index contributed by atoms with van der Waals surface area (Å²) in [7, 11) is 1.62. The zero-order valence-electron chi connectivity index (χ0n) is 10.1. The fourth-order valence-electron chi connectivity index (χ4n) is 1.68. The van der Waals surface area contributed by atoms with Gasteiger partial charge in [-0.2, -0.15) is 9.67 Å². The van der Waals surface area contributed by atoms with Gasteiger partial charge in [0.25, 0.3) is 0 Å². The van der Waals surface area contributed by atoms with Crippen molar-refractivity contribution < 1.29 is 4.74 Å². The van der Waals surface area contributed by atoms with Gasteiger partial charge in [0.1, 0.15) is 11.4 Å². The summed E-state index contributed by atoms with van der Waals surface area (Å²) >= 11 is 0. The Balaban J connectivity index is 2.45. The highest BCUT2D eigenvalue weighted by atomic mass is 16.5. The summed E-state index contributed by atoms with van der Waals surface area (Å²) in [5.74, 6) is 1.88. The number of benzene rings is 1. The number of hydrogen-bond donors (Lipinski definition) is 1. The van der Waals surface area contributed by atoms with E-state index in [0.29, 0.717) is 5.95 Å². The van der Waals surface area contributed by atoms with E-state index in [9.17, 15) is 0 Å². The molecule has 17 heavy (non-hydrogen) atoms. The first kappa shape index (κ1) is 11.4. The van der Waals surface area contributed by atoms with Crippen LogP contribution in [0.25, 0.3) is 5.69 Å². The number of nitrogens with zero attached hydrogens (tertiary/aromatic N) is 3. The van der Waals surface area contributed by atoms with Crippen molar-refractivity contribution in [2.45, 2.75) is 19.8 Å². The van der Waals surface area contributed by atoms with Crippen LogP contribution < -0.4 is 10.5 Å². The molecule has 0 saturated heterocycles. The van der Waals surface area contributed by atoms with Crippen molar-refractivity contribution in [3.8, 4) is 11.4 Å². The van der Waals surface area contributed by atoms with Crippen molar-refractivity contribution in [1.82, 2.24) is 14.8 Å². The Bertz CT molecular complexity index is 507. The molecule has 2 rings (SSSR count). The van der Waals surface area contributed by atoms with Gasteiger partial charge in [-0.15, -0.1) is 5.10 Å². The highest BCUT2D eigenvalue weighted by Gasteiger charge is 2.11. The normalized spacial score (nSPS) is 10.5. The summed E-state index contributed by atoms with van der Waals surface area (Å²) in [4.78, 5) is 4.23. The van der Waals surface area contributed by atoms with Gasteiger partial charge in [0, 0.05) is 6.42 Å². The smallest absolute Gasteiger partial charge is 0.223 e. The molecule has 2 aromatic rings. The number of methoxy groups -OCH3 is 1. The van der Waals surface area contributed by atoms with Crippen LogP contribution in [-0.2, 0) is 6.42 Å². The first-order valence-electron chi connectivity index (χ1n) is 5.61. The molecule has 0 saturated carbocycles. The van der Waals surface area contributed by atoms with E-state index in [2.05, 4.69) is 17.0 Å². The molecular formula is C12H16N4O. The molecule has 1 aromatic carbocycles. The molecule has 0 atom stereocenters. The molecule has 0 aliphatic rings. The molecule has 0 amide bonds. The lowest BCUT2D eigenvalue weighted by atomic mass is 10.3. The fourth-order valence-corrected chi connectivity index (χ4v) is 1.68. The number of para-hydroxylation sites is 2. The van der Waals surface area contributed by atoms with Crippen molar-refractivity contribution >= 4 is 5.95 Å². The molecule has 0 aliphatic carbocycles. The van der Waals surface area contributed by atoms with Crippen molar-refractivity contribution in [2.75, 3.05) is 12.8 Å². The minimum atomic E-state index is 0.387. The quantitative estimate of drug-likeness (QED) is 0.873. The zero-order chi connectivity index (χ0) is 12.3. The van der Waals surface area contributed by atoms with Gasteiger partial charge in [-0.3, -0.25) is 0 Å². The average molecular weight is 232 g/mol. The Morgan fingerprint density at radius 1 is 1.35 bits per heavy atom. The summed E-state index contributed by atoms with van der Waals surface area (Å²) in [6, 6.07) is 7.59. The van der Waals surface area contributed by atoms with Gasteiger partial charge >= 0.3 is 0 Å². The number of ether oxygens (including phenoxy) is 1. The van der Waals surface area contributed by atoms with Crippen LogP contribution in [0, 0.1) is 0 Å². The van der Waals surface area contributed by atoms with Crippen LogP contribution in [0.5, 0.6) is 5.75 Å². The molecule has 0 fully saturated rings. The van der Waals surface area contributed by atoms with E-state index >= 15 is 0 Å². The van der Waals surface area contributed by atoms with E-state index in [1.807, 2.05) is 24.3 Å². The molecule has 0 unspecified atom stereocenters. The topological polar surface area (TPSA) is 66.0 Å². The number of aromatic nitrogens is 3. The third kappa shape index (κ3) is 2.22. The maximum absolute atomic E-state index is 5.86. The van der Waals surface area contributed by atoms with Gasteiger partial charge in [0.2, 0.25) is 5.95 Å². The molecular weight excluding hydrogens is 216 g/mol. The van der Waals surface area contributed by atoms with E-state index in [1.54, 1.807) is 11.8 Å². The highest BCUT2D eigenvalue weighted by molar-refractivity contribution is 5.49. The van der Waals surface area contributed by atoms with E-state index in [-0.39, 0.29) is 0 Å². The van der Waals surface area contributed by atoms with Crippen LogP contribution in [-0.4, -0.2) is 21.9 Å². The molecule has 0 aliphatic heterocycles. The van der Waals surface area contributed by atoms with Crippen LogP contribution in [0.4, 0.5) is 5.95 Å². The predicted molar refractivity (Wildman–Crippen MR) is 66.3 cm³/mol. The molecule has 0 radical (unpaired) electrons. The van der Waals surface area contributed by atoms with Gasteiger partial charge in [0.15, 0.2) is 5.82 Å². The zero-order valence-corrected chi connectivity index (χ0v) is 10.1. The minimum absolute atomic E-state index is 0.387. The Kier molecular flexibility index (Phi) is 3.27. The number of nitrogen functional groups attached to an aromatic ring is 1. The first-order chi connectivity index (χ1) is 8.26. The third-order valence-corrected chi connectivity index (χ3v) is 2.46. The molecule has 1 heterocycles. The Labute approximate surface area is 100 Å². The predicted octanol–water partition coefficient (Wildman–Crippen LogP) is 1.81. The maximum atomic E-state index is 5.86. The van der Waals surface area contributed by atoms with Gasteiger partial charge in [-0.25, -0.2) is 0 Å². The van der Waals surface area contributed by atoms with E-state index in [1.165, 1.54) is 0 Å². The van der Waals surface area contributed by atoms with Crippen LogP contribution in [0.15, 0.2) is 24.3 Å². The van der Waals surface area contributed by atoms with Gasteiger partial charge < -0.3 is 10.5 Å². The van der Waals surface area contributed by atoms with Crippen LogP contribution in [0.2, 0.25) is 0 Å². The molecule has 90 valence electrons. The van der Waals surface area contributed by atoms with Gasteiger partial charge in [-0.05, 0) is 18.6 Å². The molecule has 1 aromatic heterocycles. The monoisotopic (exact) mass is 232 g/mol. The van der Waals surface area contributed by atoms with Crippen LogP contribution in [0.3, 0.4) is 0 Å². The summed E-state index contributed by atoms with van der Waals surface area (Å²) in [5, 5.41) is 4.38. The van der Waals surface area contributed by atoms with Crippen LogP contribution in [0.1, 0.15) is 19.2 Å². The van der Waals surface area contributed by atoms with Crippen molar-refractivity contribution in [1.29, 1.82) is 0 Å². The maximum Gasteiger partial charge on any atom is 0.223 e. The molecule has 5 nitrogen and oxygen atoms in total. The second-order valence-electron chi connectivity index (χ2n) is 3.72. The number of nitrogens with two attached hydrogens (primary N) is 1. The Morgan fingerprint density at radius 3 is 2.82 bits per heavy atom. The molecule has 0 bridgehead atoms. The third-order valence-electron chi connectivity index (χ3n) is 2.46. The largest absolute Gasteiger partial charge is 0.494 e. The van der Waals surface area contributed by atoms with Crippen molar-refractivity contribution in [3.05, 3.63) is 30.1 Å². The Hall–Kier alpha value is -2.04. The van der Waals surface area contributed by atoms with Crippen molar-refractivity contribution in [2.24, 2.45) is 0 Å². The number of rotatable bonds is 4. The van der Waals surface area contributed by atoms with Gasteiger partial charge in [0.05, 0.1) is 7.11 Å². The SMILES string of the molecule is CCCc1nc(N)n(-c2ccccc2OC)n1.